The summed E-state index contributed by atoms with van der Waals surface area (Å²) in [5.74, 6) is 1.74. The van der Waals surface area contributed by atoms with Crippen LogP contribution in [0.1, 0.15) is 16.7 Å². The zero-order chi connectivity index (χ0) is 26.0. The zero-order valence-electron chi connectivity index (χ0n) is 21.5. The molecule has 5 aromatic rings. The number of anilines is 2. The molecule has 4 nitrogen and oxygen atoms in total. The Labute approximate surface area is 224 Å². The Hall–Kier alpha value is -4.83. The molecule has 1 aliphatic rings. The number of para-hydroxylation sites is 1. The minimum Gasteiger partial charge on any atom is -0.497 e. The Morgan fingerprint density at radius 2 is 1.11 bits per heavy atom. The maximum Gasteiger partial charge on any atom is 0.171 e. The summed E-state index contributed by atoms with van der Waals surface area (Å²) in [5, 5.41) is 4.57. The van der Waals surface area contributed by atoms with Crippen LogP contribution >= 0.6 is 0 Å². The van der Waals surface area contributed by atoms with Crippen LogP contribution < -0.4 is 14.8 Å². The van der Waals surface area contributed by atoms with Crippen LogP contribution in [0.3, 0.4) is 0 Å². The van der Waals surface area contributed by atoms with E-state index in [-0.39, 0.29) is 0 Å². The van der Waals surface area contributed by atoms with E-state index in [1.54, 1.807) is 7.11 Å². The molecule has 1 heterocycles. The van der Waals surface area contributed by atoms with E-state index >= 15 is 0 Å². The molecular weight excluding hydrogens is 466 g/mol. The number of methoxy groups -OCH3 is 1. The van der Waals surface area contributed by atoms with Crippen LogP contribution in [0.4, 0.5) is 17.1 Å². The highest BCUT2D eigenvalue weighted by molar-refractivity contribution is 6.19. The SMILES string of the molecule is COc1ccc(N2C(=Nc3ccc(C)cc3)C(c3ccccc3)(c3ccccc3)N2c2ccccc2)cc1. The molecule has 1 saturated heterocycles. The molecule has 0 aromatic heterocycles. The van der Waals surface area contributed by atoms with E-state index in [1.807, 2.05) is 12.1 Å². The summed E-state index contributed by atoms with van der Waals surface area (Å²) in [6.07, 6.45) is 0. The summed E-state index contributed by atoms with van der Waals surface area (Å²) in [6.45, 7) is 2.10. The van der Waals surface area contributed by atoms with Crippen molar-refractivity contribution in [1.29, 1.82) is 0 Å². The molecule has 38 heavy (non-hydrogen) atoms. The first-order valence-electron chi connectivity index (χ1n) is 12.8. The van der Waals surface area contributed by atoms with Gasteiger partial charge in [0, 0.05) is 0 Å². The van der Waals surface area contributed by atoms with Crippen LogP contribution in [0, 0.1) is 6.92 Å². The van der Waals surface area contributed by atoms with Crippen LogP contribution in [0.2, 0.25) is 0 Å². The number of benzene rings is 5. The third kappa shape index (κ3) is 3.91. The van der Waals surface area contributed by atoms with Crippen LogP contribution in [-0.4, -0.2) is 12.9 Å². The van der Waals surface area contributed by atoms with Crippen molar-refractivity contribution in [2.75, 3.05) is 17.1 Å². The van der Waals surface area contributed by atoms with Crippen LogP contribution in [-0.2, 0) is 5.54 Å². The fourth-order valence-electron chi connectivity index (χ4n) is 5.19. The lowest BCUT2D eigenvalue weighted by Gasteiger charge is -2.62. The first kappa shape index (κ1) is 23.6. The van der Waals surface area contributed by atoms with Crippen molar-refractivity contribution in [3.63, 3.8) is 0 Å². The van der Waals surface area contributed by atoms with Gasteiger partial charge in [-0.1, -0.05) is 96.6 Å². The Balaban J connectivity index is 1.67. The van der Waals surface area contributed by atoms with Gasteiger partial charge in [0.15, 0.2) is 11.4 Å². The third-order valence-corrected chi connectivity index (χ3v) is 7.01. The van der Waals surface area contributed by atoms with Gasteiger partial charge in [-0.2, -0.15) is 0 Å². The summed E-state index contributed by atoms with van der Waals surface area (Å²) < 4.78 is 5.46. The van der Waals surface area contributed by atoms with Gasteiger partial charge in [0.05, 0.1) is 24.2 Å². The predicted octanol–water partition coefficient (Wildman–Crippen LogP) is 7.92. The molecule has 0 unspecified atom stereocenters. The second-order valence-corrected chi connectivity index (χ2v) is 9.37. The minimum absolute atomic E-state index is 0.658. The summed E-state index contributed by atoms with van der Waals surface area (Å²) >= 11 is 0. The van der Waals surface area contributed by atoms with Crippen molar-refractivity contribution in [1.82, 2.24) is 0 Å². The first-order valence-corrected chi connectivity index (χ1v) is 12.8. The maximum absolute atomic E-state index is 5.46. The molecule has 0 spiro atoms. The molecule has 0 N–H and O–H groups in total. The quantitative estimate of drug-likeness (QED) is 0.239. The molecule has 6 rings (SSSR count). The van der Waals surface area contributed by atoms with Crippen LogP contribution in [0.25, 0.3) is 0 Å². The number of aryl methyl sites for hydroxylation is 1. The van der Waals surface area contributed by atoms with Crippen LogP contribution in [0.5, 0.6) is 5.75 Å². The molecule has 0 radical (unpaired) electrons. The molecule has 0 aliphatic carbocycles. The highest BCUT2D eigenvalue weighted by Crippen LogP contribution is 2.52. The number of ether oxygens (including phenoxy) is 1. The fourth-order valence-corrected chi connectivity index (χ4v) is 5.19. The van der Waals surface area contributed by atoms with Crippen LogP contribution in [0.15, 0.2) is 145 Å². The Morgan fingerprint density at radius 1 is 0.579 bits per heavy atom. The summed E-state index contributed by atoms with van der Waals surface area (Å²) in [7, 11) is 1.69. The molecular formula is C34H29N3O. The van der Waals surface area contributed by atoms with Gasteiger partial charge in [0.2, 0.25) is 0 Å². The van der Waals surface area contributed by atoms with Gasteiger partial charge >= 0.3 is 0 Å². The molecule has 4 heteroatoms. The molecule has 0 bridgehead atoms. The second-order valence-electron chi connectivity index (χ2n) is 9.37. The lowest BCUT2D eigenvalue weighted by Crippen LogP contribution is -2.77. The van der Waals surface area contributed by atoms with E-state index in [9.17, 15) is 0 Å². The van der Waals surface area contributed by atoms with Crippen molar-refractivity contribution in [2.45, 2.75) is 12.5 Å². The Kier molecular flexibility index (Phi) is 6.14. The summed E-state index contributed by atoms with van der Waals surface area (Å²) in [6, 6.07) is 48.3. The first-order chi connectivity index (χ1) is 18.7. The third-order valence-electron chi connectivity index (χ3n) is 7.01. The number of aliphatic imine (C=N–C) groups is 1. The van der Waals surface area contributed by atoms with Gasteiger partial charge in [-0.15, -0.1) is 0 Å². The van der Waals surface area contributed by atoms with Gasteiger partial charge in [0.1, 0.15) is 5.75 Å². The molecule has 1 fully saturated rings. The molecule has 5 aromatic carbocycles. The largest absolute Gasteiger partial charge is 0.497 e. The van der Waals surface area contributed by atoms with Gasteiger partial charge in [-0.05, 0) is 66.6 Å². The van der Waals surface area contributed by atoms with Crippen molar-refractivity contribution in [3.8, 4) is 5.75 Å². The zero-order valence-corrected chi connectivity index (χ0v) is 21.5. The molecule has 186 valence electrons. The molecule has 0 atom stereocenters. The summed E-state index contributed by atoms with van der Waals surface area (Å²) in [5.41, 5.74) is 5.82. The van der Waals surface area contributed by atoms with Crippen molar-refractivity contribution in [3.05, 3.63) is 156 Å². The maximum atomic E-state index is 5.46. The van der Waals surface area contributed by atoms with Crippen molar-refractivity contribution >= 4 is 22.9 Å². The number of hydrogen-bond acceptors (Lipinski definition) is 3. The van der Waals surface area contributed by atoms with Gasteiger partial charge < -0.3 is 4.74 Å². The Bertz CT molecular complexity index is 1490. The van der Waals surface area contributed by atoms with E-state index in [4.69, 9.17) is 9.73 Å². The minimum atomic E-state index is -0.658. The predicted molar refractivity (Wildman–Crippen MR) is 156 cm³/mol. The van der Waals surface area contributed by atoms with E-state index in [1.165, 1.54) is 5.56 Å². The van der Waals surface area contributed by atoms with Gasteiger partial charge in [-0.3, -0.25) is 5.01 Å². The monoisotopic (exact) mass is 495 g/mol. The number of hydrogen-bond donors (Lipinski definition) is 0. The van der Waals surface area contributed by atoms with E-state index in [2.05, 4.69) is 144 Å². The highest BCUT2D eigenvalue weighted by Gasteiger charge is 2.60. The lowest BCUT2D eigenvalue weighted by atomic mass is 9.76. The second kappa shape index (κ2) is 9.91. The summed E-state index contributed by atoms with van der Waals surface area (Å²) in [4.78, 5) is 5.36. The molecule has 0 amide bonds. The van der Waals surface area contributed by atoms with Gasteiger partial charge in [0.25, 0.3) is 0 Å². The van der Waals surface area contributed by atoms with E-state index in [0.29, 0.717) is 0 Å². The van der Waals surface area contributed by atoms with Crippen molar-refractivity contribution < 1.29 is 4.74 Å². The smallest absolute Gasteiger partial charge is 0.171 e. The normalized spacial score (nSPS) is 15.3. The number of rotatable bonds is 6. The van der Waals surface area contributed by atoms with E-state index in [0.717, 1.165) is 39.8 Å². The average molecular weight is 496 g/mol. The topological polar surface area (TPSA) is 28.1 Å². The number of hydrazine groups is 1. The molecule has 1 aliphatic heterocycles. The van der Waals surface area contributed by atoms with E-state index < -0.39 is 5.54 Å². The highest BCUT2D eigenvalue weighted by atomic mass is 16.5. The average Bonchev–Trinajstić information content (AvgIpc) is 2.98. The Morgan fingerprint density at radius 3 is 1.63 bits per heavy atom. The van der Waals surface area contributed by atoms with Gasteiger partial charge in [-0.25, -0.2) is 10.0 Å². The lowest BCUT2D eigenvalue weighted by molar-refractivity contribution is 0.414. The van der Waals surface area contributed by atoms with Crippen molar-refractivity contribution in [2.24, 2.45) is 4.99 Å². The number of nitrogens with zero attached hydrogens (tertiary/aromatic N) is 3. The fraction of sp³-hybridized carbons (Fsp3) is 0.0882. The standard InChI is InChI=1S/C34H29N3O/c1-26-18-20-29(21-19-26)35-33-34(27-12-6-3-7-13-27,28-14-8-4-9-15-28)37(31-16-10-5-11-17-31)36(33)30-22-24-32(38-2)25-23-30/h3-25H,1-2H3. The molecule has 0 saturated carbocycles. The number of amidine groups is 1.